The topological polar surface area (TPSA) is 116 Å². The highest BCUT2D eigenvalue weighted by Crippen LogP contribution is 2.25. The van der Waals surface area contributed by atoms with Gasteiger partial charge in [-0.1, -0.05) is 17.3 Å². The standard InChI is InChI=1S/C20H20N4O5/c1-12-22-19(24-29-12)13-4-6-14(7-5-13)20(26)21-11-18(25)23-15-8-16(27-2)10-17(9-15)28-3/h4-10H,11H2,1-3H3,(H,21,26)(H,23,25). The van der Waals surface area contributed by atoms with Crippen LogP contribution in [-0.2, 0) is 4.79 Å². The van der Waals surface area contributed by atoms with Crippen molar-refractivity contribution >= 4 is 17.5 Å². The van der Waals surface area contributed by atoms with E-state index in [0.29, 0.717) is 34.5 Å². The van der Waals surface area contributed by atoms with Crippen LogP contribution in [0.1, 0.15) is 16.2 Å². The zero-order chi connectivity index (χ0) is 20.8. The summed E-state index contributed by atoms with van der Waals surface area (Å²) in [5, 5.41) is 9.09. The van der Waals surface area contributed by atoms with Crippen molar-refractivity contribution in [3.05, 3.63) is 53.9 Å². The van der Waals surface area contributed by atoms with Crippen LogP contribution >= 0.6 is 0 Å². The summed E-state index contributed by atoms with van der Waals surface area (Å²) in [6.45, 7) is 1.51. The first-order chi connectivity index (χ1) is 14.0. The monoisotopic (exact) mass is 396 g/mol. The van der Waals surface area contributed by atoms with Crippen LogP contribution in [0.25, 0.3) is 11.4 Å². The lowest BCUT2D eigenvalue weighted by atomic mass is 10.1. The lowest BCUT2D eigenvalue weighted by Crippen LogP contribution is -2.32. The minimum absolute atomic E-state index is 0.190. The van der Waals surface area contributed by atoms with E-state index in [0.717, 1.165) is 5.56 Å². The van der Waals surface area contributed by atoms with Crippen molar-refractivity contribution in [1.82, 2.24) is 15.5 Å². The van der Waals surface area contributed by atoms with E-state index in [1.54, 1.807) is 49.4 Å². The normalized spacial score (nSPS) is 10.3. The van der Waals surface area contributed by atoms with Gasteiger partial charge in [0.1, 0.15) is 11.5 Å². The van der Waals surface area contributed by atoms with E-state index in [1.807, 2.05) is 0 Å². The molecule has 0 aliphatic rings. The third kappa shape index (κ3) is 5.10. The van der Waals surface area contributed by atoms with Gasteiger partial charge in [-0.3, -0.25) is 9.59 Å². The van der Waals surface area contributed by atoms with Gasteiger partial charge in [-0.25, -0.2) is 0 Å². The molecular weight excluding hydrogens is 376 g/mol. The molecule has 9 nitrogen and oxygen atoms in total. The molecular formula is C20H20N4O5. The average molecular weight is 396 g/mol. The Morgan fingerprint density at radius 1 is 1.03 bits per heavy atom. The molecule has 0 aliphatic carbocycles. The summed E-state index contributed by atoms with van der Waals surface area (Å²) in [7, 11) is 3.04. The average Bonchev–Trinajstić information content (AvgIpc) is 3.18. The van der Waals surface area contributed by atoms with Crippen molar-refractivity contribution in [3.8, 4) is 22.9 Å². The number of aryl methyl sites for hydroxylation is 1. The molecule has 9 heteroatoms. The van der Waals surface area contributed by atoms with Crippen molar-refractivity contribution in [1.29, 1.82) is 0 Å². The largest absolute Gasteiger partial charge is 0.497 e. The van der Waals surface area contributed by atoms with Crippen LogP contribution in [0, 0.1) is 6.92 Å². The van der Waals surface area contributed by atoms with Gasteiger partial charge in [0.05, 0.1) is 20.8 Å². The highest BCUT2D eigenvalue weighted by Gasteiger charge is 2.11. The molecule has 0 fully saturated rings. The number of hydrogen-bond donors (Lipinski definition) is 2. The molecule has 29 heavy (non-hydrogen) atoms. The number of anilines is 1. The van der Waals surface area contributed by atoms with E-state index in [2.05, 4.69) is 20.8 Å². The fourth-order valence-electron chi connectivity index (χ4n) is 2.53. The summed E-state index contributed by atoms with van der Waals surface area (Å²) in [5.41, 5.74) is 1.63. The molecule has 0 saturated carbocycles. The Morgan fingerprint density at radius 2 is 1.69 bits per heavy atom. The predicted octanol–water partition coefficient (Wildman–Crippen LogP) is 2.43. The van der Waals surface area contributed by atoms with Crippen LogP contribution in [0.3, 0.4) is 0 Å². The molecule has 2 aromatic carbocycles. The summed E-state index contributed by atoms with van der Waals surface area (Å²) in [6.07, 6.45) is 0. The number of ether oxygens (including phenoxy) is 2. The molecule has 1 aromatic heterocycles. The Morgan fingerprint density at radius 3 is 2.24 bits per heavy atom. The van der Waals surface area contributed by atoms with Gasteiger partial charge < -0.3 is 24.6 Å². The first-order valence-corrected chi connectivity index (χ1v) is 8.70. The molecule has 0 saturated heterocycles. The molecule has 150 valence electrons. The van der Waals surface area contributed by atoms with E-state index >= 15 is 0 Å². The van der Waals surface area contributed by atoms with Crippen molar-refractivity contribution < 1.29 is 23.6 Å². The van der Waals surface area contributed by atoms with Crippen molar-refractivity contribution in [2.45, 2.75) is 6.92 Å². The van der Waals surface area contributed by atoms with E-state index in [4.69, 9.17) is 14.0 Å². The number of amides is 2. The predicted molar refractivity (Wildman–Crippen MR) is 105 cm³/mol. The van der Waals surface area contributed by atoms with Gasteiger partial charge >= 0.3 is 0 Å². The Labute approximate surface area is 167 Å². The maximum absolute atomic E-state index is 12.3. The maximum Gasteiger partial charge on any atom is 0.251 e. The van der Waals surface area contributed by atoms with E-state index in [9.17, 15) is 9.59 Å². The van der Waals surface area contributed by atoms with Crippen LogP contribution in [0.15, 0.2) is 47.0 Å². The Kier molecular flexibility index (Phi) is 6.08. The molecule has 2 amide bonds. The van der Waals surface area contributed by atoms with Gasteiger partial charge in [0.25, 0.3) is 5.91 Å². The smallest absolute Gasteiger partial charge is 0.251 e. The minimum Gasteiger partial charge on any atom is -0.497 e. The zero-order valence-electron chi connectivity index (χ0n) is 16.2. The van der Waals surface area contributed by atoms with E-state index in [-0.39, 0.29) is 18.4 Å². The molecule has 1 heterocycles. The van der Waals surface area contributed by atoms with Crippen LogP contribution in [0.5, 0.6) is 11.5 Å². The van der Waals surface area contributed by atoms with Crippen molar-refractivity contribution in [3.63, 3.8) is 0 Å². The highest BCUT2D eigenvalue weighted by molar-refractivity contribution is 5.99. The summed E-state index contributed by atoms with van der Waals surface area (Å²) in [4.78, 5) is 28.6. The van der Waals surface area contributed by atoms with Gasteiger partial charge in [-0.15, -0.1) is 0 Å². The molecule has 0 atom stereocenters. The number of nitrogens with one attached hydrogen (secondary N) is 2. The first-order valence-electron chi connectivity index (χ1n) is 8.70. The van der Waals surface area contributed by atoms with Crippen LogP contribution in [0.4, 0.5) is 5.69 Å². The summed E-state index contributed by atoms with van der Waals surface area (Å²) in [6, 6.07) is 11.7. The second kappa shape index (κ2) is 8.87. The maximum atomic E-state index is 12.3. The molecule has 3 rings (SSSR count). The number of methoxy groups -OCH3 is 2. The molecule has 0 radical (unpaired) electrons. The van der Waals surface area contributed by atoms with Crippen molar-refractivity contribution in [2.24, 2.45) is 0 Å². The quantitative estimate of drug-likeness (QED) is 0.630. The first kappa shape index (κ1) is 19.9. The van der Waals surface area contributed by atoms with Gasteiger partial charge in [0.15, 0.2) is 0 Å². The molecule has 0 spiro atoms. The number of carbonyl (C=O) groups excluding carboxylic acids is 2. The van der Waals surface area contributed by atoms with Crippen LogP contribution in [0.2, 0.25) is 0 Å². The number of hydrogen-bond acceptors (Lipinski definition) is 7. The summed E-state index contributed by atoms with van der Waals surface area (Å²) < 4.78 is 15.3. The van der Waals surface area contributed by atoms with Gasteiger partial charge in [0, 0.05) is 41.9 Å². The fraction of sp³-hybridized carbons (Fsp3) is 0.200. The van der Waals surface area contributed by atoms with Gasteiger partial charge in [-0.05, 0) is 12.1 Å². The number of aromatic nitrogens is 2. The second-order valence-electron chi connectivity index (χ2n) is 6.05. The van der Waals surface area contributed by atoms with Crippen molar-refractivity contribution in [2.75, 3.05) is 26.1 Å². The number of benzene rings is 2. The van der Waals surface area contributed by atoms with Gasteiger partial charge in [-0.2, -0.15) is 4.98 Å². The SMILES string of the molecule is COc1cc(NC(=O)CNC(=O)c2ccc(-c3noc(C)n3)cc2)cc(OC)c1. The molecule has 2 N–H and O–H groups in total. The molecule has 0 aliphatic heterocycles. The minimum atomic E-state index is -0.382. The Balaban J connectivity index is 1.57. The second-order valence-corrected chi connectivity index (χ2v) is 6.05. The third-order valence-electron chi connectivity index (χ3n) is 3.98. The zero-order valence-corrected chi connectivity index (χ0v) is 16.2. The number of rotatable bonds is 7. The van der Waals surface area contributed by atoms with Crippen LogP contribution in [-0.4, -0.2) is 42.7 Å². The lowest BCUT2D eigenvalue weighted by Gasteiger charge is -2.10. The highest BCUT2D eigenvalue weighted by atomic mass is 16.5. The van der Waals surface area contributed by atoms with Gasteiger partial charge in [0.2, 0.25) is 17.6 Å². The van der Waals surface area contributed by atoms with E-state index < -0.39 is 0 Å². The summed E-state index contributed by atoms with van der Waals surface area (Å²) in [5.74, 6) is 1.23. The van der Waals surface area contributed by atoms with Crippen LogP contribution < -0.4 is 20.1 Å². The fourth-order valence-corrected chi connectivity index (χ4v) is 2.53. The number of carbonyl (C=O) groups is 2. The van der Waals surface area contributed by atoms with E-state index in [1.165, 1.54) is 14.2 Å². The Hall–Kier alpha value is -3.88. The molecule has 0 unspecified atom stereocenters. The number of nitrogens with zero attached hydrogens (tertiary/aromatic N) is 2. The third-order valence-corrected chi connectivity index (χ3v) is 3.98. The molecule has 0 bridgehead atoms. The Bertz CT molecular complexity index is 992. The summed E-state index contributed by atoms with van der Waals surface area (Å²) >= 11 is 0. The lowest BCUT2D eigenvalue weighted by molar-refractivity contribution is -0.115. The molecule has 3 aromatic rings.